The van der Waals surface area contributed by atoms with Gasteiger partial charge in [-0.3, -0.25) is 0 Å². The number of ether oxygens (including phenoxy) is 2. The predicted molar refractivity (Wildman–Crippen MR) is 129 cm³/mol. The molecule has 2 fully saturated rings. The van der Waals surface area contributed by atoms with Crippen molar-refractivity contribution in [2.75, 3.05) is 13.2 Å². The van der Waals surface area contributed by atoms with E-state index in [0.29, 0.717) is 36.5 Å². The van der Waals surface area contributed by atoms with Gasteiger partial charge < -0.3 is 9.47 Å². The van der Waals surface area contributed by atoms with Gasteiger partial charge in [-0.25, -0.2) is 13.2 Å². The van der Waals surface area contributed by atoms with E-state index in [0.717, 1.165) is 38.5 Å². The van der Waals surface area contributed by atoms with Gasteiger partial charge in [0.1, 0.15) is 0 Å². The normalized spacial score (nSPS) is 25.0. The van der Waals surface area contributed by atoms with Crippen molar-refractivity contribution in [3.63, 3.8) is 0 Å². The molecule has 0 heterocycles. The lowest BCUT2D eigenvalue weighted by molar-refractivity contribution is 0.130. The maximum atomic E-state index is 14.8. The van der Waals surface area contributed by atoms with Crippen LogP contribution < -0.4 is 4.74 Å². The smallest absolute Gasteiger partial charge is 0.200 e. The minimum Gasteiger partial charge on any atom is -0.490 e. The Bertz CT molecular complexity index is 993. The van der Waals surface area contributed by atoms with Crippen LogP contribution in [0.25, 0.3) is 0 Å². The zero-order valence-electron chi connectivity index (χ0n) is 20.7. The fraction of sp³-hybridized carbons (Fsp3) is 0.586. The minimum absolute atomic E-state index is 0.0458. The van der Waals surface area contributed by atoms with Gasteiger partial charge in [-0.1, -0.05) is 38.0 Å². The number of hydrogen-bond acceptors (Lipinski definition) is 2. The summed E-state index contributed by atoms with van der Waals surface area (Å²) in [7, 11) is 0. The zero-order valence-corrected chi connectivity index (χ0v) is 20.7. The Labute approximate surface area is 206 Å². The molecule has 0 amide bonds. The molecule has 0 atom stereocenters. The highest BCUT2D eigenvalue weighted by molar-refractivity contribution is 5.33. The lowest BCUT2D eigenvalue weighted by atomic mass is 9.78. The Balaban J connectivity index is 1.31. The minimum atomic E-state index is -0.903. The third-order valence-corrected chi connectivity index (χ3v) is 7.95. The maximum absolute atomic E-state index is 14.8. The first-order valence-electron chi connectivity index (χ1n) is 13.0. The fourth-order valence-electron chi connectivity index (χ4n) is 5.64. The Morgan fingerprint density at radius 1 is 0.714 bits per heavy atom. The van der Waals surface area contributed by atoms with Crippen molar-refractivity contribution in [2.45, 2.75) is 83.7 Å². The van der Waals surface area contributed by atoms with Gasteiger partial charge in [0.05, 0.1) is 13.2 Å². The van der Waals surface area contributed by atoms with Crippen LogP contribution >= 0.6 is 0 Å². The second kappa shape index (κ2) is 11.8. The molecule has 0 N–H and O–H groups in total. The van der Waals surface area contributed by atoms with Crippen LogP contribution in [0.15, 0.2) is 24.3 Å². The molecule has 2 nitrogen and oxygen atoms in total. The highest BCUT2D eigenvalue weighted by Crippen LogP contribution is 2.40. The van der Waals surface area contributed by atoms with Gasteiger partial charge in [-0.15, -0.1) is 0 Å². The lowest BCUT2D eigenvalue weighted by Gasteiger charge is -2.29. The van der Waals surface area contributed by atoms with E-state index >= 15 is 0 Å². The van der Waals surface area contributed by atoms with Crippen molar-refractivity contribution in [1.29, 1.82) is 0 Å². The molecule has 0 bridgehead atoms. The van der Waals surface area contributed by atoms with E-state index in [4.69, 9.17) is 9.47 Å². The fourth-order valence-corrected chi connectivity index (χ4v) is 5.64. The van der Waals surface area contributed by atoms with E-state index in [-0.39, 0.29) is 42.3 Å². The summed E-state index contributed by atoms with van der Waals surface area (Å²) in [6, 6.07) is 6.51. The van der Waals surface area contributed by atoms with Crippen LogP contribution in [0, 0.1) is 35.1 Å². The second-order valence-corrected chi connectivity index (χ2v) is 10.3. The monoisotopic (exact) mass is 492 g/mol. The molecule has 2 aromatic rings. The molecular weight excluding hydrogens is 456 g/mol. The standard InChI is InChI=1S/C29H36F4O2/c1-3-34-17-22-12-13-23(27(31)26(22)30)21-10-6-19(7-11-21)16-35-25-15-14-24(28(32)29(25)33)20-8-4-18(2)5-9-20/h12-15,18-21H,3-11,16-17H2,1-2H3. The molecule has 2 aromatic carbocycles. The van der Waals surface area contributed by atoms with Gasteiger partial charge in [-0.05, 0) is 86.3 Å². The van der Waals surface area contributed by atoms with Crippen LogP contribution in [0.1, 0.15) is 93.7 Å². The van der Waals surface area contributed by atoms with Gasteiger partial charge in [0.15, 0.2) is 23.2 Å². The summed E-state index contributed by atoms with van der Waals surface area (Å²) in [4.78, 5) is 0. The predicted octanol–water partition coefficient (Wildman–Crippen LogP) is 8.43. The van der Waals surface area contributed by atoms with E-state index in [1.54, 1.807) is 24.3 Å². The summed E-state index contributed by atoms with van der Waals surface area (Å²) in [6.45, 7) is 4.79. The molecule has 0 radical (unpaired) electrons. The first-order chi connectivity index (χ1) is 16.9. The van der Waals surface area contributed by atoms with E-state index in [2.05, 4.69) is 6.92 Å². The molecule has 192 valence electrons. The van der Waals surface area contributed by atoms with Crippen molar-refractivity contribution < 1.29 is 27.0 Å². The van der Waals surface area contributed by atoms with Crippen molar-refractivity contribution in [2.24, 2.45) is 11.8 Å². The van der Waals surface area contributed by atoms with Crippen molar-refractivity contribution >= 4 is 0 Å². The third kappa shape index (κ3) is 6.02. The Hall–Kier alpha value is -2.08. The van der Waals surface area contributed by atoms with Gasteiger partial charge >= 0.3 is 0 Å². The van der Waals surface area contributed by atoms with E-state index in [9.17, 15) is 17.6 Å². The summed E-state index contributed by atoms with van der Waals surface area (Å²) < 4.78 is 69.5. The molecule has 4 rings (SSSR count). The van der Waals surface area contributed by atoms with Crippen LogP contribution in [0.5, 0.6) is 5.75 Å². The number of rotatable bonds is 8. The largest absolute Gasteiger partial charge is 0.490 e. The summed E-state index contributed by atoms with van der Waals surface area (Å²) in [6.07, 6.45) is 6.78. The van der Waals surface area contributed by atoms with Gasteiger partial charge in [-0.2, -0.15) is 4.39 Å². The number of benzene rings is 2. The first-order valence-corrected chi connectivity index (χ1v) is 13.0. The SMILES string of the molecule is CCOCc1ccc(C2CCC(COc3ccc(C4CCC(C)CC4)c(F)c3F)CC2)c(F)c1F. The van der Waals surface area contributed by atoms with Crippen molar-refractivity contribution in [1.82, 2.24) is 0 Å². The van der Waals surface area contributed by atoms with Crippen molar-refractivity contribution in [3.8, 4) is 5.75 Å². The highest BCUT2D eigenvalue weighted by Gasteiger charge is 2.28. The number of halogens is 4. The molecule has 35 heavy (non-hydrogen) atoms. The summed E-state index contributed by atoms with van der Waals surface area (Å²) in [5.41, 5.74) is 1.10. The Kier molecular flexibility index (Phi) is 8.74. The average molecular weight is 493 g/mol. The summed E-state index contributed by atoms with van der Waals surface area (Å²) in [5.74, 6) is -2.52. The molecule has 0 aliphatic heterocycles. The molecule has 2 saturated carbocycles. The quantitative estimate of drug-likeness (QED) is 0.344. The molecule has 0 spiro atoms. The topological polar surface area (TPSA) is 18.5 Å². The van der Waals surface area contributed by atoms with Crippen molar-refractivity contribution in [3.05, 3.63) is 64.2 Å². The molecular formula is C29H36F4O2. The lowest BCUT2D eigenvalue weighted by Crippen LogP contribution is -2.20. The summed E-state index contributed by atoms with van der Waals surface area (Å²) >= 11 is 0. The van der Waals surface area contributed by atoms with Crippen LogP contribution in [-0.4, -0.2) is 13.2 Å². The zero-order chi connectivity index (χ0) is 24.9. The molecule has 6 heteroatoms. The van der Waals surface area contributed by atoms with E-state index in [1.807, 2.05) is 6.92 Å². The van der Waals surface area contributed by atoms with Gasteiger partial charge in [0, 0.05) is 12.2 Å². The Morgan fingerprint density at radius 3 is 1.91 bits per heavy atom. The average Bonchev–Trinajstić information content (AvgIpc) is 2.87. The molecule has 0 aromatic heterocycles. The van der Waals surface area contributed by atoms with Crippen LogP contribution in [0.4, 0.5) is 17.6 Å². The van der Waals surface area contributed by atoms with Crippen LogP contribution in [0.2, 0.25) is 0 Å². The maximum Gasteiger partial charge on any atom is 0.200 e. The number of hydrogen-bond donors (Lipinski definition) is 0. The molecule has 2 aliphatic rings. The van der Waals surface area contributed by atoms with Gasteiger partial charge in [0.25, 0.3) is 0 Å². The molecule has 0 unspecified atom stereocenters. The van der Waals surface area contributed by atoms with E-state index < -0.39 is 23.3 Å². The highest BCUT2D eigenvalue weighted by atomic mass is 19.2. The molecule has 0 saturated heterocycles. The third-order valence-electron chi connectivity index (χ3n) is 7.95. The molecule has 2 aliphatic carbocycles. The summed E-state index contributed by atoms with van der Waals surface area (Å²) in [5, 5.41) is 0. The van der Waals surface area contributed by atoms with Gasteiger partial charge in [0.2, 0.25) is 5.82 Å². The van der Waals surface area contributed by atoms with Crippen LogP contribution in [0.3, 0.4) is 0 Å². The second-order valence-electron chi connectivity index (χ2n) is 10.3. The Morgan fingerprint density at radius 2 is 1.29 bits per heavy atom. The van der Waals surface area contributed by atoms with E-state index in [1.165, 1.54) is 0 Å². The first kappa shape index (κ1) is 26.0. The van der Waals surface area contributed by atoms with Crippen LogP contribution in [-0.2, 0) is 11.3 Å².